The van der Waals surface area contributed by atoms with Crippen molar-refractivity contribution in [3.63, 3.8) is 0 Å². The van der Waals surface area contributed by atoms with Gasteiger partial charge in [-0.25, -0.2) is 9.59 Å². The van der Waals surface area contributed by atoms with Crippen molar-refractivity contribution in [2.75, 3.05) is 0 Å². The Morgan fingerprint density at radius 2 is 1.09 bits per heavy atom. The summed E-state index contributed by atoms with van der Waals surface area (Å²) in [5.74, 6) is -2.13. The van der Waals surface area contributed by atoms with Crippen molar-refractivity contribution in [2.24, 2.45) is 11.5 Å². The van der Waals surface area contributed by atoms with Crippen LogP contribution >= 0.6 is 0 Å². The van der Waals surface area contributed by atoms with Crippen molar-refractivity contribution in [3.05, 3.63) is 82.9 Å². The molecule has 0 saturated heterocycles. The molecule has 0 aliphatic carbocycles. The summed E-state index contributed by atoms with van der Waals surface area (Å²) in [6.07, 6.45) is -10.7. The lowest BCUT2D eigenvalue weighted by molar-refractivity contribution is -0.145. The number of carbonyl (C=O) groups excluding carboxylic acids is 2. The van der Waals surface area contributed by atoms with Crippen molar-refractivity contribution in [1.29, 1.82) is 0 Å². The van der Waals surface area contributed by atoms with Crippen LogP contribution in [0.2, 0.25) is 0 Å². The van der Waals surface area contributed by atoms with Gasteiger partial charge in [-0.05, 0) is 23.3 Å². The Bertz CT molecular complexity index is 955. The summed E-state index contributed by atoms with van der Waals surface area (Å²) in [6.45, 7) is 0. The first-order valence-electron chi connectivity index (χ1n) is 9.67. The zero-order chi connectivity index (χ0) is 25.5. The number of ether oxygens (including phenoxy) is 2. The summed E-state index contributed by atoms with van der Waals surface area (Å²) in [5.41, 5.74) is 9.81. The Kier molecular flexibility index (Phi) is 8.82. The van der Waals surface area contributed by atoms with Gasteiger partial charge in [-0.2, -0.15) is 26.3 Å². The number of hydrogen-bond acceptors (Lipinski definition) is 6. The molecule has 2 aromatic carbocycles. The van der Waals surface area contributed by atoms with Gasteiger partial charge in [0.05, 0.1) is 11.1 Å². The summed E-state index contributed by atoms with van der Waals surface area (Å²) in [6, 6.07) is 8.62. The number of rotatable bonds is 8. The molecule has 34 heavy (non-hydrogen) atoms. The molecule has 0 bridgehead atoms. The molecule has 2 atom stereocenters. The average Bonchev–Trinajstić information content (AvgIpc) is 2.71. The molecule has 0 aliphatic heterocycles. The van der Waals surface area contributed by atoms with Crippen LogP contribution < -0.4 is 11.5 Å². The van der Waals surface area contributed by atoms with Crippen LogP contribution in [0.4, 0.5) is 26.3 Å². The molecular weight excluding hydrogens is 470 g/mol. The van der Waals surface area contributed by atoms with E-state index >= 15 is 0 Å². The SMILES string of the molecule is NC(Cc1cccc(C(F)(F)F)c1)OC(=O)/C=C/C(=O)OC(N)Cc1cccc(C(F)(F)F)c1. The van der Waals surface area contributed by atoms with Gasteiger partial charge in [0.1, 0.15) is 0 Å². The van der Waals surface area contributed by atoms with Gasteiger partial charge >= 0.3 is 24.3 Å². The fourth-order valence-corrected chi connectivity index (χ4v) is 2.81. The maximum Gasteiger partial charge on any atom is 0.416 e. The minimum Gasteiger partial charge on any atom is -0.443 e. The highest BCUT2D eigenvalue weighted by molar-refractivity contribution is 5.91. The van der Waals surface area contributed by atoms with Gasteiger partial charge in [0.15, 0.2) is 12.5 Å². The van der Waals surface area contributed by atoms with E-state index in [1.807, 2.05) is 0 Å². The van der Waals surface area contributed by atoms with E-state index in [1.165, 1.54) is 24.3 Å². The van der Waals surface area contributed by atoms with Crippen molar-refractivity contribution < 1.29 is 45.4 Å². The first-order chi connectivity index (χ1) is 15.7. The van der Waals surface area contributed by atoms with Gasteiger partial charge in [0.25, 0.3) is 0 Å². The minimum atomic E-state index is -4.54. The molecule has 2 rings (SSSR count). The highest BCUT2D eigenvalue weighted by Gasteiger charge is 2.31. The number of hydrogen-bond donors (Lipinski definition) is 2. The average molecular weight is 490 g/mol. The topological polar surface area (TPSA) is 105 Å². The molecule has 4 N–H and O–H groups in total. The molecule has 0 heterocycles. The molecule has 0 fully saturated rings. The minimum absolute atomic E-state index is 0.180. The third-order valence-electron chi connectivity index (χ3n) is 4.27. The van der Waals surface area contributed by atoms with E-state index in [0.29, 0.717) is 12.2 Å². The van der Waals surface area contributed by atoms with Gasteiger partial charge in [-0.3, -0.25) is 11.5 Å². The third kappa shape index (κ3) is 8.87. The molecule has 6 nitrogen and oxygen atoms in total. The van der Waals surface area contributed by atoms with Crippen LogP contribution in [0.25, 0.3) is 0 Å². The number of carbonyl (C=O) groups is 2. The van der Waals surface area contributed by atoms with E-state index < -0.39 is 47.9 Å². The van der Waals surface area contributed by atoms with Crippen LogP contribution in [0.3, 0.4) is 0 Å². The Labute approximate surface area is 190 Å². The van der Waals surface area contributed by atoms with Crippen LogP contribution in [0, 0.1) is 0 Å². The number of nitrogens with two attached hydrogens (primary N) is 2. The van der Waals surface area contributed by atoms with Crippen molar-refractivity contribution >= 4 is 11.9 Å². The molecule has 0 amide bonds. The summed E-state index contributed by atoms with van der Waals surface area (Å²) in [7, 11) is 0. The second-order valence-corrected chi connectivity index (χ2v) is 7.09. The molecule has 184 valence electrons. The lowest BCUT2D eigenvalue weighted by Crippen LogP contribution is -2.30. The second-order valence-electron chi connectivity index (χ2n) is 7.09. The van der Waals surface area contributed by atoms with Crippen LogP contribution in [-0.4, -0.2) is 24.4 Å². The predicted octanol–water partition coefficient (Wildman–Crippen LogP) is 3.72. The van der Waals surface area contributed by atoms with Crippen molar-refractivity contribution in [2.45, 2.75) is 37.7 Å². The number of halogens is 6. The van der Waals surface area contributed by atoms with Gasteiger partial charge in [0.2, 0.25) is 0 Å². The van der Waals surface area contributed by atoms with E-state index in [0.717, 1.165) is 24.3 Å². The molecule has 0 saturated carbocycles. The molecule has 12 heteroatoms. The van der Waals surface area contributed by atoms with E-state index in [1.54, 1.807) is 0 Å². The molecular formula is C22H20F6N2O4. The lowest BCUT2D eigenvalue weighted by Gasteiger charge is -2.14. The Hall–Kier alpha value is -3.38. The van der Waals surface area contributed by atoms with Crippen molar-refractivity contribution in [3.8, 4) is 0 Å². The van der Waals surface area contributed by atoms with Crippen molar-refractivity contribution in [1.82, 2.24) is 0 Å². The van der Waals surface area contributed by atoms with E-state index in [-0.39, 0.29) is 24.0 Å². The maximum atomic E-state index is 12.7. The standard InChI is InChI=1S/C22H20F6N2O4/c23-21(24,25)15-5-1-3-13(9-15)11-17(29)33-19(31)7-8-20(32)34-18(30)12-14-4-2-6-16(10-14)22(26,27)28/h1-10,17-18H,11-12,29-30H2/b8-7+. The van der Waals surface area contributed by atoms with E-state index in [2.05, 4.69) is 0 Å². The molecule has 0 spiro atoms. The first-order valence-corrected chi connectivity index (χ1v) is 9.67. The monoisotopic (exact) mass is 490 g/mol. The largest absolute Gasteiger partial charge is 0.443 e. The zero-order valence-electron chi connectivity index (χ0n) is 17.4. The molecule has 2 aromatic rings. The molecule has 0 aliphatic rings. The molecule has 0 radical (unpaired) electrons. The summed E-state index contributed by atoms with van der Waals surface area (Å²) in [5, 5.41) is 0. The second kappa shape index (κ2) is 11.2. The van der Waals surface area contributed by atoms with Gasteiger partial charge in [-0.15, -0.1) is 0 Å². The smallest absolute Gasteiger partial charge is 0.416 e. The van der Waals surface area contributed by atoms with Gasteiger partial charge < -0.3 is 9.47 Å². The fourth-order valence-electron chi connectivity index (χ4n) is 2.81. The highest BCUT2D eigenvalue weighted by atomic mass is 19.4. The number of alkyl halides is 6. The molecule has 0 aromatic heterocycles. The van der Waals surface area contributed by atoms with Crippen LogP contribution in [-0.2, 0) is 44.3 Å². The Morgan fingerprint density at radius 3 is 1.41 bits per heavy atom. The predicted molar refractivity (Wildman–Crippen MR) is 108 cm³/mol. The normalized spacial score (nSPS) is 14.0. The van der Waals surface area contributed by atoms with Gasteiger partial charge in [-0.1, -0.05) is 36.4 Å². The maximum absolute atomic E-state index is 12.7. The summed E-state index contributed by atoms with van der Waals surface area (Å²) >= 11 is 0. The lowest BCUT2D eigenvalue weighted by atomic mass is 10.1. The van der Waals surface area contributed by atoms with Gasteiger partial charge in [0, 0.05) is 25.0 Å². The summed E-state index contributed by atoms with van der Waals surface area (Å²) in [4.78, 5) is 23.5. The Morgan fingerprint density at radius 1 is 0.735 bits per heavy atom. The summed E-state index contributed by atoms with van der Waals surface area (Å²) < 4.78 is 86.1. The highest BCUT2D eigenvalue weighted by Crippen LogP contribution is 2.30. The number of benzene rings is 2. The molecule has 2 unspecified atom stereocenters. The van der Waals surface area contributed by atoms with Crippen LogP contribution in [0.5, 0.6) is 0 Å². The van der Waals surface area contributed by atoms with Crippen LogP contribution in [0.15, 0.2) is 60.7 Å². The number of esters is 2. The quantitative estimate of drug-likeness (QED) is 0.253. The van der Waals surface area contributed by atoms with E-state index in [9.17, 15) is 35.9 Å². The Balaban J connectivity index is 1.84. The van der Waals surface area contributed by atoms with Crippen LogP contribution in [0.1, 0.15) is 22.3 Å². The third-order valence-corrected chi connectivity index (χ3v) is 4.27. The first kappa shape index (κ1) is 26.9. The van der Waals surface area contributed by atoms with E-state index in [4.69, 9.17) is 20.9 Å². The zero-order valence-corrected chi connectivity index (χ0v) is 17.4. The fraction of sp³-hybridized carbons (Fsp3) is 0.273.